The maximum absolute atomic E-state index is 13.4. The van der Waals surface area contributed by atoms with Crippen LogP contribution in [0.2, 0.25) is 0 Å². The van der Waals surface area contributed by atoms with Crippen LogP contribution >= 0.6 is 15.9 Å². The second-order valence-electron chi connectivity index (χ2n) is 8.80. The zero-order valence-corrected chi connectivity index (χ0v) is 19.7. The van der Waals surface area contributed by atoms with Gasteiger partial charge in [0.15, 0.2) is 0 Å². The van der Waals surface area contributed by atoms with Crippen LogP contribution in [0.1, 0.15) is 44.9 Å². The van der Waals surface area contributed by atoms with Crippen molar-refractivity contribution in [2.75, 3.05) is 0 Å². The van der Waals surface area contributed by atoms with Gasteiger partial charge in [-0.25, -0.2) is 8.42 Å². The largest absolute Gasteiger partial charge is 0.456 e. The molecule has 2 fully saturated rings. The van der Waals surface area contributed by atoms with Crippen LogP contribution in [0.4, 0.5) is 0 Å². The first-order valence-electron chi connectivity index (χ1n) is 10.7. The molecule has 5 rings (SSSR count). The Morgan fingerprint density at radius 1 is 1.00 bits per heavy atom. The predicted octanol–water partition coefficient (Wildman–Crippen LogP) is 4.50. The van der Waals surface area contributed by atoms with Crippen molar-refractivity contribution in [3.8, 4) is 6.07 Å². The highest BCUT2D eigenvalue weighted by Gasteiger charge is 2.50. The summed E-state index contributed by atoms with van der Waals surface area (Å²) in [6.07, 6.45) is 4.43. The van der Waals surface area contributed by atoms with E-state index in [0.29, 0.717) is 36.8 Å². The van der Waals surface area contributed by atoms with Gasteiger partial charge in [-0.2, -0.15) is 9.98 Å². The van der Waals surface area contributed by atoms with Crippen LogP contribution in [0.5, 0.6) is 0 Å². The second-order valence-corrected chi connectivity index (χ2v) is 11.4. The number of sulfonamides is 1. The summed E-state index contributed by atoms with van der Waals surface area (Å²) in [5.74, 6) is -0.408. The number of rotatable bonds is 5. The molecular formula is C23H22BrN3O4S. The summed E-state index contributed by atoms with van der Waals surface area (Å²) in [6, 6.07) is 12.5. The van der Waals surface area contributed by atoms with Gasteiger partial charge < -0.3 is 9.73 Å². The van der Waals surface area contributed by atoms with Gasteiger partial charge in [0, 0.05) is 21.3 Å². The van der Waals surface area contributed by atoms with Gasteiger partial charge in [-0.1, -0.05) is 35.2 Å². The summed E-state index contributed by atoms with van der Waals surface area (Å²) in [5, 5.41) is 13.9. The van der Waals surface area contributed by atoms with E-state index < -0.39 is 27.0 Å². The Labute approximate surface area is 194 Å². The number of carbonyl (C=O) groups excluding carboxylic acids is 1. The second kappa shape index (κ2) is 7.58. The van der Waals surface area contributed by atoms with Crippen LogP contribution in [0.3, 0.4) is 0 Å². The Hall–Kier alpha value is -2.41. The lowest BCUT2D eigenvalue weighted by atomic mass is 9.81. The van der Waals surface area contributed by atoms with Crippen molar-refractivity contribution in [1.29, 1.82) is 5.26 Å². The van der Waals surface area contributed by atoms with E-state index in [2.05, 4.69) is 32.0 Å². The standard InChI is InChI=1S/C23H22BrN3O4S/c24-15-4-7-19-18(12-15)17-6-5-16(13-20(17)31-19)32(29,30)27-23(8-2-1-3-9-23)21(28)26-22(14-25)10-11-22/h4-7,12-13,27H,1-3,8-11H2,(H,26,28). The SMILES string of the molecule is N#CC1(NC(=O)C2(NS(=O)(=O)c3ccc4c(c3)oc3ccc(Br)cc34)CCCCC2)CC1. The molecule has 0 unspecified atom stereocenters. The van der Waals surface area contributed by atoms with E-state index in [1.807, 2.05) is 18.2 Å². The molecule has 1 heterocycles. The minimum Gasteiger partial charge on any atom is -0.456 e. The number of hydrogen-bond donors (Lipinski definition) is 2. The number of nitriles is 1. The van der Waals surface area contributed by atoms with Crippen molar-refractivity contribution in [2.45, 2.75) is 60.9 Å². The first-order valence-corrected chi connectivity index (χ1v) is 12.9. The molecule has 2 N–H and O–H groups in total. The molecule has 2 aliphatic carbocycles. The predicted molar refractivity (Wildman–Crippen MR) is 123 cm³/mol. The van der Waals surface area contributed by atoms with Gasteiger partial charge in [0.25, 0.3) is 0 Å². The summed E-state index contributed by atoms with van der Waals surface area (Å²) >= 11 is 3.45. The lowest BCUT2D eigenvalue weighted by Gasteiger charge is -2.36. The number of furan rings is 1. The van der Waals surface area contributed by atoms with E-state index in [-0.39, 0.29) is 4.90 Å². The van der Waals surface area contributed by atoms with Crippen molar-refractivity contribution < 1.29 is 17.6 Å². The van der Waals surface area contributed by atoms with E-state index in [9.17, 15) is 18.5 Å². The Bertz CT molecular complexity index is 1380. The number of amides is 1. The lowest BCUT2D eigenvalue weighted by molar-refractivity contribution is -0.128. The van der Waals surface area contributed by atoms with Gasteiger partial charge in [-0.15, -0.1) is 0 Å². The number of fused-ring (bicyclic) bond motifs is 3. The monoisotopic (exact) mass is 515 g/mol. The summed E-state index contributed by atoms with van der Waals surface area (Å²) < 4.78 is 36.2. The fraction of sp³-hybridized carbons (Fsp3) is 0.391. The molecule has 9 heteroatoms. The van der Waals surface area contributed by atoms with Gasteiger partial charge in [0.2, 0.25) is 15.9 Å². The molecule has 3 aromatic rings. The maximum atomic E-state index is 13.4. The number of carbonyl (C=O) groups is 1. The zero-order valence-electron chi connectivity index (χ0n) is 17.3. The van der Waals surface area contributed by atoms with Crippen molar-refractivity contribution in [3.05, 3.63) is 40.9 Å². The Morgan fingerprint density at radius 2 is 1.75 bits per heavy atom. The highest BCUT2D eigenvalue weighted by Crippen LogP contribution is 2.38. The van der Waals surface area contributed by atoms with Gasteiger partial charge in [-0.3, -0.25) is 4.79 Å². The number of nitrogens with one attached hydrogen (secondary N) is 2. The molecule has 166 valence electrons. The average molecular weight is 516 g/mol. The normalized spacial score (nSPS) is 19.5. The van der Waals surface area contributed by atoms with E-state index in [0.717, 1.165) is 34.5 Å². The maximum Gasteiger partial charge on any atom is 0.242 e. The third kappa shape index (κ3) is 3.70. The van der Waals surface area contributed by atoms with Crippen molar-refractivity contribution in [3.63, 3.8) is 0 Å². The van der Waals surface area contributed by atoms with Gasteiger partial charge >= 0.3 is 0 Å². The number of halogens is 1. The summed E-state index contributed by atoms with van der Waals surface area (Å²) in [7, 11) is -4.01. The minimum atomic E-state index is -4.01. The molecule has 0 bridgehead atoms. The fourth-order valence-electron chi connectivity index (χ4n) is 4.47. The van der Waals surface area contributed by atoms with Crippen LogP contribution in [0.25, 0.3) is 21.9 Å². The van der Waals surface area contributed by atoms with Crippen LogP contribution in [0.15, 0.2) is 50.2 Å². The Morgan fingerprint density at radius 3 is 2.44 bits per heavy atom. The van der Waals surface area contributed by atoms with Crippen LogP contribution < -0.4 is 10.0 Å². The summed E-state index contributed by atoms with van der Waals surface area (Å²) in [6.45, 7) is 0. The van der Waals surface area contributed by atoms with Crippen LogP contribution in [0, 0.1) is 11.3 Å². The quantitative estimate of drug-likeness (QED) is 0.519. The molecule has 1 aromatic heterocycles. The van der Waals surface area contributed by atoms with E-state index in [1.54, 1.807) is 6.07 Å². The summed E-state index contributed by atoms with van der Waals surface area (Å²) in [5.41, 5.74) is -0.976. The van der Waals surface area contributed by atoms with E-state index in [1.165, 1.54) is 12.1 Å². The highest BCUT2D eigenvalue weighted by atomic mass is 79.9. The van der Waals surface area contributed by atoms with Crippen LogP contribution in [-0.2, 0) is 14.8 Å². The molecule has 0 radical (unpaired) electrons. The molecule has 2 aliphatic rings. The Kier molecular flexibility index (Phi) is 5.08. The van der Waals surface area contributed by atoms with E-state index in [4.69, 9.17) is 4.42 Å². The molecule has 0 spiro atoms. The number of nitrogens with zero attached hydrogens (tertiary/aromatic N) is 1. The lowest BCUT2D eigenvalue weighted by Crippen LogP contribution is -2.61. The first kappa shape index (κ1) is 21.4. The van der Waals surface area contributed by atoms with Gasteiger partial charge in [0.1, 0.15) is 22.2 Å². The highest BCUT2D eigenvalue weighted by molar-refractivity contribution is 9.10. The molecule has 0 saturated heterocycles. The van der Waals surface area contributed by atoms with Gasteiger partial charge in [-0.05, 0) is 56.0 Å². The molecular weight excluding hydrogens is 494 g/mol. The van der Waals surface area contributed by atoms with Crippen LogP contribution in [-0.4, -0.2) is 25.4 Å². The fourth-order valence-corrected chi connectivity index (χ4v) is 6.27. The minimum absolute atomic E-state index is 0.0438. The Balaban J connectivity index is 1.49. The average Bonchev–Trinajstić information content (AvgIpc) is 3.46. The molecule has 7 nitrogen and oxygen atoms in total. The first-order chi connectivity index (χ1) is 15.3. The van der Waals surface area contributed by atoms with Gasteiger partial charge in [0.05, 0.1) is 11.0 Å². The zero-order chi connectivity index (χ0) is 22.6. The van der Waals surface area contributed by atoms with Crippen molar-refractivity contribution in [2.24, 2.45) is 0 Å². The van der Waals surface area contributed by atoms with Crippen molar-refractivity contribution >= 4 is 53.8 Å². The third-order valence-electron chi connectivity index (χ3n) is 6.50. The molecule has 2 aromatic carbocycles. The molecule has 0 atom stereocenters. The summed E-state index contributed by atoms with van der Waals surface area (Å²) in [4.78, 5) is 13.2. The number of hydrogen-bond acceptors (Lipinski definition) is 5. The molecule has 0 aliphatic heterocycles. The number of benzene rings is 2. The third-order valence-corrected chi connectivity index (χ3v) is 8.53. The van der Waals surface area contributed by atoms with E-state index >= 15 is 0 Å². The van der Waals surface area contributed by atoms with Crippen molar-refractivity contribution in [1.82, 2.24) is 10.0 Å². The topological polar surface area (TPSA) is 112 Å². The molecule has 32 heavy (non-hydrogen) atoms. The molecule has 1 amide bonds. The smallest absolute Gasteiger partial charge is 0.242 e. The molecule has 2 saturated carbocycles.